The average Bonchev–Trinajstić information content (AvgIpc) is 3.22. The molecule has 0 unspecified atom stereocenters. The van der Waals surface area contributed by atoms with Crippen molar-refractivity contribution in [3.8, 4) is 0 Å². The van der Waals surface area contributed by atoms with Gasteiger partial charge in [-0.2, -0.15) is 0 Å². The van der Waals surface area contributed by atoms with Crippen molar-refractivity contribution in [2.75, 3.05) is 6.61 Å². The molecule has 0 aliphatic carbocycles. The molecule has 0 atom stereocenters. The smallest absolute Gasteiger partial charge is 0.348 e. The summed E-state index contributed by atoms with van der Waals surface area (Å²) < 4.78 is 7.06. The van der Waals surface area contributed by atoms with Crippen molar-refractivity contribution < 1.29 is 9.53 Å². The summed E-state index contributed by atoms with van der Waals surface area (Å²) in [4.78, 5) is 18.0. The fourth-order valence-corrected chi connectivity index (χ4v) is 4.08. The van der Waals surface area contributed by atoms with Gasteiger partial charge < -0.3 is 4.74 Å². The number of aromatic nitrogens is 4. The molecule has 7 heteroatoms. The number of nitrogens with zero attached hydrogens (tertiary/aromatic N) is 4. The van der Waals surface area contributed by atoms with Crippen LogP contribution < -0.4 is 0 Å². The minimum absolute atomic E-state index is 0.310. The van der Waals surface area contributed by atoms with Gasteiger partial charge in [0.1, 0.15) is 21.9 Å². The normalized spacial score (nSPS) is 11.3. The first-order chi connectivity index (χ1) is 12.7. The van der Waals surface area contributed by atoms with E-state index in [-0.39, 0.29) is 5.97 Å². The molecule has 0 saturated heterocycles. The quantitative estimate of drug-likeness (QED) is 0.505. The van der Waals surface area contributed by atoms with E-state index in [0.717, 1.165) is 40.1 Å². The highest BCUT2D eigenvalue weighted by atomic mass is 32.1. The van der Waals surface area contributed by atoms with E-state index in [0.29, 0.717) is 11.5 Å². The SMILES string of the molecule is CCOC(=O)c1sc2ncn3c(CCc4ccccc4)nnc3c2c1C. The molecule has 0 aliphatic heterocycles. The average molecular weight is 366 g/mol. The summed E-state index contributed by atoms with van der Waals surface area (Å²) in [6.07, 6.45) is 3.39. The summed E-state index contributed by atoms with van der Waals surface area (Å²) in [5.41, 5.74) is 2.85. The van der Waals surface area contributed by atoms with Crippen LogP contribution >= 0.6 is 11.3 Å². The number of esters is 1. The Balaban J connectivity index is 1.72. The second-order valence-corrected chi connectivity index (χ2v) is 7.00. The highest BCUT2D eigenvalue weighted by Crippen LogP contribution is 2.32. The third-order valence-electron chi connectivity index (χ3n) is 4.35. The second kappa shape index (κ2) is 6.84. The Morgan fingerprint density at radius 3 is 2.77 bits per heavy atom. The maximum absolute atomic E-state index is 12.2. The van der Waals surface area contributed by atoms with Gasteiger partial charge in [-0.25, -0.2) is 9.78 Å². The highest BCUT2D eigenvalue weighted by molar-refractivity contribution is 7.20. The van der Waals surface area contributed by atoms with Crippen LogP contribution in [0.2, 0.25) is 0 Å². The van der Waals surface area contributed by atoms with E-state index in [2.05, 4.69) is 27.3 Å². The Morgan fingerprint density at radius 1 is 1.19 bits per heavy atom. The Morgan fingerprint density at radius 2 is 2.00 bits per heavy atom. The van der Waals surface area contributed by atoms with Gasteiger partial charge >= 0.3 is 5.97 Å². The van der Waals surface area contributed by atoms with Crippen LogP contribution in [0.5, 0.6) is 0 Å². The third-order valence-corrected chi connectivity index (χ3v) is 5.53. The molecule has 0 aliphatic rings. The number of carbonyl (C=O) groups is 1. The third kappa shape index (κ3) is 2.84. The number of ether oxygens (including phenoxy) is 1. The zero-order chi connectivity index (χ0) is 18.1. The lowest BCUT2D eigenvalue weighted by molar-refractivity contribution is 0.0531. The van der Waals surface area contributed by atoms with Gasteiger partial charge in [0.15, 0.2) is 5.65 Å². The minimum atomic E-state index is -0.310. The van der Waals surface area contributed by atoms with Crippen LogP contribution in [0.15, 0.2) is 36.7 Å². The first-order valence-corrected chi connectivity index (χ1v) is 9.33. The minimum Gasteiger partial charge on any atom is -0.462 e. The van der Waals surface area contributed by atoms with Crippen molar-refractivity contribution in [3.05, 3.63) is 58.5 Å². The van der Waals surface area contributed by atoms with E-state index in [1.165, 1.54) is 16.9 Å². The van der Waals surface area contributed by atoms with E-state index < -0.39 is 0 Å². The van der Waals surface area contributed by atoms with Gasteiger partial charge in [0.05, 0.1) is 12.0 Å². The Labute approximate surface area is 154 Å². The number of thiophene rings is 1. The lowest BCUT2D eigenvalue weighted by Gasteiger charge is -2.01. The number of carbonyl (C=O) groups excluding carboxylic acids is 1. The molecule has 0 radical (unpaired) electrons. The Hall–Kier alpha value is -2.80. The summed E-state index contributed by atoms with van der Waals surface area (Å²) in [6.45, 7) is 4.06. The number of hydrogen-bond acceptors (Lipinski definition) is 6. The number of rotatable bonds is 5. The first-order valence-electron chi connectivity index (χ1n) is 8.51. The number of aryl methyl sites for hydroxylation is 3. The molecular weight excluding hydrogens is 348 g/mol. The summed E-state index contributed by atoms with van der Waals surface area (Å²) >= 11 is 1.34. The summed E-state index contributed by atoms with van der Waals surface area (Å²) in [7, 11) is 0. The van der Waals surface area contributed by atoms with Crippen LogP contribution in [0.1, 0.15) is 33.5 Å². The van der Waals surface area contributed by atoms with E-state index in [4.69, 9.17) is 4.74 Å². The molecule has 3 aromatic heterocycles. The van der Waals surface area contributed by atoms with Crippen LogP contribution in [0.25, 0.3) is 15.9 Å². The zero-order valence-electron chi connectivity index (χ0n) is 14.6. The standard InChI is InChI=1S/C19H18N4O2S/c1-3-25-19(24)16-12(2)15-17-22-21-14(23(17)11-20-18(15)26-16)10-9-13-7-5-4-6-8-13/h4-8,11H,3,9-10H2,1-2H3. The van der Waals surface area contributed by atoms with E-state index >= 15 is 0 Å². The van der Waals surface area contributed by atoms with Crippen LogP contribution in [-0.2, 0) is 17.6 Å². The molecule has 0 N–H and O–H groups in total. The van der Waals surface area contributed by atoms with E-state index in [9.17, 15) is 4.79 Å². The van der Waals surface area contributed by atoms with Gasteiger partial charge in [0.2, 0.25) is 0 Å². The first kappa shape index (κ1) is 16.7. The number of benzene rings is 1. The maximum Gasteiger partial charge on any atom is 0.348 e. The monoisotopic (exact) mass is 366 g/mol. The van der Waals surface area contributed by atoms with Gasteiger partial charge in [-0.1, -0.05) is 30.3 Å². The molecule has 0 amide bonds. The van der Waals surface area contributed by atoms with Crippen molar-refractivity contribution in [2.24, 2.45) is 0 Å². The number of hydrogen-bond donors (Lipinski definition) is 0. The molecule has 0 spiro atoms. The molecular formula is C19H18N4O2S. The van der Waals surface area contributed by atoms with Gasteiger partial charge in [-0.3, -0.25) is 4.40 Å². The maximum atomic E-state index is 12.2. The Kier molecular flexibility index (Phi) is 4.38. The number of fused-ring (bicyclic) bond motifs is 3. The molecule has 4 aromatic rings. The zero-order valence-corrected chi connectivity index (χ0v) is 15.4. The molecule has 4 rings (SSSR count). The summed E-state index contributed by atoms with van der Waals surface area (Å²) in [6, 6.07) is 10.3. The van der Waals surface area contributed by atoms with Crippen molar-refractivity contribution >= 4 is 33.2 Å². The van der Waals surface area contributed by atoms with Crippen LogP contribution in [0, 0.1) is 6.92 Å². The Bertz CT molecular complexity index is 1090. The van der Waals surface area contributed by atoms with Crippen molar-refractivity contribution in [1.29, 1.82) is 0 Å². The largest absolute Gasteiger partial charge is 0.462 e. The lowest BCUT2D eigenvalue weighted by Crippen LogP contribution is -2.03. The molecule has 132 valence electrons. The molecule has 0 fully saturated rings. The van der Waals surface area contributed by atoms with Crippen molar-refractivity contribution in [1.82, 2.24) is 19.6 Å². The van der Waals surface area contributed by atoms with E-state index in [1.807, 2.05) is 29.5 Å². The van der Waals surface area contributed by atoms with Gasteiger partial charge in [-0.15, -0.1) is 21.5 Å². The molecule has 26 heavy (non-hydrogen) atoms. The lowest BCUT2D eigenvalue weighted by atomic mass is 10.1. The molecule has 0 saturated carbocycles. The molecule has 1 aromatic carbocycles. The van der Waals surface area contributed by atoms with Crippen molar-refractivity contribution in [3.63, 3.8) is 0 Å². The topological polar surface area (TPSA) is 69.4 Å². The fraction of sp³-hybridized carbons (Fsp3) is 0.263. The van der Waals surface area contributed by atoms with Crippen LogP contribution in [0.4, 0.5) is 0 Å². The summed E-state index contributed by atoms with van der Waals surface area (Å²) in [5.74, 6) is 0.552. The molecule has 3 heterocycles. The van der Waals surface area contributed by atoms with Gasteiger partial charge in [-0.05, 0) is 31.4 Å². The molecule has 6 nitrogen and oxygen atoms in total. The van der Waals surface area contributed by atoms with Crippen molar-refractivity contribution in [2.45, 2.75) is 26.7 Å². The van der Waals surface area contributed by atoms with E-state index in [1.54, 1.807) is 13.3 Å². The molecule has 0 bridgehead atoms. The van der Waals surface area contributed by atoms with Crippen LogP contribution in [-0.4, -0.2) is 32.2 Å². The van der Waals surface area contributed by atoms with Crippen LogP contribution in [0.3, 0.4) is 0 Å². The van der Waals surface area contributed by atoms with Gasteiger partial charge in [0.25, 0.3) is 0 Å². The predicted octanol–water partition coefficient (Wildman–Crippen LogP) is 3.61. The summed E-state index contributed by atoms with van der Waals surface area (Å²) in [5, 5.41) is 9.59. The fourth-order valence-electron chi connectivity index (χ4n) is 3.04. The highest BCUT2D eigenvalue weighted by Gasteiger charge is 2.21. The van der Waals surface area contributed by atoms with Gasteiger partial charge in [0, 0.05) is 6.42 Å². The second-order valence-electron chi connectivity index (χ2n) is 6.00. The predicted molar refractivity (Wildman–Crippen MR) is 101 cm³/mol.